The van der Waals surface area contributed by atoms with E-state index in [1.165, 1.54) is 4.68 Å². The molecule has 0 spiro atoms. The summed E-state index contributed by atoms with van der Waals surface area (Å²) in [5.74, 6) is -0.309. The summed E-state index contributed by atoms with van der Waals surface area (Å²) < 4.78 is 1.34. The monoisotopic (exact) mass is 367 g/mol. The molecule has 28 heavy (non-hydrogen) atoms. The normalized spacial score (nSPS) is 11.0. The van der Waals surface area contributed by atoms with Crippen molar-refractivity contribution in [1.82, 2.24) is 14.8 Å². The third kappa shape index (κ3) is 3.48. The Bertz CT molecular complexity index is 1120. The maximum atomic E-state index is 12.9. The minimum Gasteiger partial charge on any atom is -0.265 e. The Labute approximate surface area is 162 Å². The van der Waals surface area contributed by atoms with Crippen LogP contribution in [-0.2, 0) is 0 Å². The van der Waals surface area contributed by atoms with Gasteiger partial charge in [-0.15, -0.1) is 5.11 Å². The van der Waals surface area contributed by atoms with Gasteiger partial charge in [-0.2, -0.15) is 14.9 Å². The number of hydrogen-bond acceptors (Lipinski definition) is 5. The first kappa shape index (κ1) is 17.5. The molecule has 2 aromatic carbocycles. The van der Waals surface area contributed by atoms with Crippen LogP contribution in [0.25, 0.3) is 11.3 Å². The van der Waals surface area contributed by atoms with E-state index in [-0.39, 0.29) is 5.91 Å². The molecule has 0 radical (unpaired) electrons. The van der Waals surface area contributed by atoms with Crippen LogP contribution >= 0.6 is 0 Å². The second-order valence-electron chi connectivity index (χ2n) is 6.12. The molecule has 0 aliphatic heterocycles. The van der Waals surface area contributed by atoms with E-state index in [0.717, 1.165) is 11.3 Å². The molecule has 0 aliphatic carbocycles. The topological polar surface area (TPSA) is 72.5 Å². The lowest BCUT2D eigenvalue weighted by molar-refractivity contribution is 0.0938. The Hall–Kier alpha value is -3.93. The Morgan fingerprint density at radius 3 is 2.21 bits per heavy atom. The number of hydrogen-bond donors (Lipinski definition) is 0. The molecule has 0 amide bonds. The molecule has 0 aliphatic rings. The fourth-order valence-corrected chi connectivity index (χ4v) is 2.80. The highest BCUT2D eigenvalue weighted by Crippen LogP contribution is 2.34. The molecule has 136 valence electrons. The number of azo groups is 1. The lowest BCUT2D eigenvalue weighted by atomic mass is 10.1. The third-order valence-corrected chi connectivity index (χ3v) is 4.23. The molecule has 0 N–H and O–H groups in total. The van der Waals surface area contributed by atoms with Gasteiger partial charge in [0, 0.05) is 11.8 Å². The van der Waals surface area contributed by atoms with E-state index in [1.54, 1.807) is 31.3 Å². The van der Waals surface area contributed by atoms with E-state index in [0.29, 0.717) is 22.8 Å². The van der Waals surface area contributed by atoms with Crippen LogP contribution in [0.2, 0.25) is 0 Å². The molecule has 0 atom stereocenters. The molecule has 2 aromatic heterocycles. The van der Waals surface area contributed by atoms with Crippen LogP contribution in [0.5, 0.6) is 0 Å². The molecular formula is C22H17N5O. The van der Waals surface area contributed by atoms with Crippen LogP contribution in [0, 0.1) is 6.92 Å². The Balaban J connectivity index is 1.82. The van der Waals surface area contributed by atoms with Gasteiger partial charge in [-0.3, -0.25) is 9.78 Å². The van der Waals surface area contributed by atoms with Crippen LogP contribution in [0.1, 0.15) is 16.2 Å². The van der Waals surface area contributed by atoms with E-state index >= 15 is 0 Å². The highest BCUT2D eigenvalue weighted by atomic mass is 16.2. The molecule has 6 heteroatoms. The average Bonchev–Trinajstić information content (AvgIpc) is 3.10. The van der Waals surface area contributed by atoms with Crippen molar-refractivity contribution >= 4 is 17.3 Å². The fraction of sp³-hybridized carbons (Fsp3) is 0.0455. The van der Waals surface area contributed by atoms with E-state index < -0.39 is 0 Å². The van der Waals surface area contributed by atoms with Crippen molar-refractivity contribution in [3.63, 3.8) is 0 Å². The van der Waals surface area contributed by atoms with Crippen LogP contribution in [-0.4, -0.2) is 20.7 Å². The zero-order valence-electron chi connectivity index (χ0n) is 15.2. The highest BCUT2D eigenvalue weighted by molar-refractivity contribution is 5.95. The molecule has 0 bridgehead atoms. The van der Waals surface area contributed by atoms with E-state index in [1.807, 2.05) is 60.7 Å². The van der Waals surface area contributed by atoms with Crippen molar-refractivity contribution in [3.8, 4) is 11.3 Å². The molecule has 0 saturated carbocycles. The van der Waals surface area contributed by atoms with Crippen molar-refractivity contribution in [3.05, 3.63) is 96.4 Å². The van der Waals surface area contributed by atoms with Gasteiger partial charge in [-0.25, -0.2) is 0 Å². The van der Waals surface area contributed by atoms with Gasteiger partial charge in [-0.1, -0.05) is 54.6 Å². The maximum absolute atomic E-state index is 12.9. The molecule has 4 rings (SSSR count). The number of aromatic nitrogens is 3. The summed E-state index contributed by atoms with van der Waals surface area (Å²) in [5.41, 5.74) is 3.67. The number of rotatable bonds is 4. The van der Waals surface area contributed by atoms with Crippen LogP contribution in [0.3, 0.4) is 0 Å². The second kappa shape index (κ2) is 7.75. The van der Waals surface area contributed by atoms with Gasteiger partial charge in [0.05, 0.1) is 11.4 Å². The Kier molecular flexibility index (Phi) is 4.84. The first-order valence-corrected chi connectivity index (χ1v) is 8.81. The Morgan fingerprint density at radius 1 is 0.857 bits per heavy atom. The van der Waals surface area contributed by atoms with Crippen molar-refractivity contribution in [2.24, 2.45) is 10.2 Å². The van der Waals surface area contributed by atoms with Gasteiger partial charge < -0.3 is 0 Å². The Morgan fingerprint density at radius 2 is 1.54 bits per heavy atom. The van der Waals surface area contributed by atoms with Gasteiger partial charge in [0.2, 0.25) is 0 Å². The molecular weight excluding hydrogens is 350 g/mol. The zero-order valence-corrected chi connectivity index (χ0v) is 15.2. The second-order valence-corrected chi connectivity index (χ2v) is 6.12. The summed E-state index contributed by atoms with van der Waals surface area (Å²) in [5, 5.41) is 13.3. The van der Waals surface area contributed by atoms with Gasteiger partial charge in [0.1, 0.15) is 17.1 Å². The molecule has 0 saturated heterocycles. The standard InChI is InChI=1S/C22H17N5O/c1-16-20(25-24-18-12-6-3-7-13-18)21(17-10-4-2-5-11-17)26-27(16)22(28)19-14-8-9-15-23-19/h2-15H,1H3. The first-order chi connectivity index (χ1) is 13.7. The van der Waals surface area contributed by atoms with E-state index in [4.69, 9.17) is 0 Å². The van der Waals surface area contributed by atoms with Crippen molar-refractivity contribution in [1.29, 1.82) is 0 Å². The quantitative estimate of drug-likeness (QED) is 0.456. The molecule has 0 fully saturated rings. The van der Waals surface area contributed by atoms with Crippen molar-refractivity contribution < 1.29 is 4.79 Å². The predicted octanol–water partition coefficient (Wildman–Crippen LogP) is 5.36. The van der Waals surface area contributed by atoms with E-state index in [9.17, 15) is 4.79 Å². The van der Waals surface area contributed by atoms with Crippen molar-refractivity contribution in [2.45, 2.75) is 6.92 Å². The molecule has 2 heterocycles. The van der Waals surface area contributed by atoms with Gasteiger partial charge in [-0.05, 0) is 31.2 Å². The van der Waals surface area contributed by atoms with Gasteiger partial charge >= 0.3 is 0 Å². The first-order valence-electron chi connectivity index (χ1n) is 8.81. The molecule has 0 unspecified atom stereocenters. The van der Waals surface area contributed by atoms with Gasteiger partial charge in [0.15, 0.2) is 0 Å². The predicted molar refractivity (Wildman–Crippen MR) is 107 cm³/mol. The zero-order chi connectivity index (χ0) is 19.3. The number of nitrogens with zero attached hydrogens (tertiary/aromatic N) is 5. The lowest BCUT2D eigenvalue weighted by Crippen LogP contribution is -2.16. The number of carbonyl (C=O) groups is 1. The summed E-state index contributed by atoms with van der Waals surface area (Å²) in [6.07, 6.45) is 1.58. The van der Waals surface area contributed by atoms with Crippen LogP contribution in [0.15, 0.2) is 95.3 Å². The average molecular weight is 367 g/mol. The highest BCUT2D eigenvalue weighted by Gasteiger charge is 2.21. The maximum Gasteiger partial charge on any atom is 0.297 e. The molecule has 6 nitrogen and oxygen atoms in total. The van der Waals surface area contributed by atoms with E-state index in [2.05, 4.69) is 20.3 Å². The fourth-order valence-electron chi connectivity index (χ4n) is 2.80. The summed E-state index contributed by atoms with van der Waals surface area (Å²) >= 11 is 0. The SMILES string of the molecule is Cc1c(N=Nc2ccccc2)c(-c2ccccc2)nn1C(=O)c1ccccn1. The number of pyridine rings is 1. The summed E-state index contributed by atoms with van der Waals surface area (Å²) in [7, 11) is 0. The summed E-state index contributed by atoms with van der Waals surface area (Å²) in [4.78, 5) is 17.0. The third-order valence-electron chi connectivity index (χ3n) is 4.23. The lowest BCUT2D eigenvalue weighted by Gasteiger charge is -2.01. The largest absolute Gasteiger partial charge is 0.297 e. The number of carbonyl (C=O) groups excluding carboxylic acids is 1. The van der Waals surface area contributed by atoms with Crippen LogP contribution in [0.4, 0.5) is 11.4 Å². The summed E-state index contributed by atoms with van der Waals surface area (Å²) in [6.45, 7) is 1.81. The molecule has 4 aromatic rings. The van der Waals surface area contributed by atoms with Gasteiger partial charge in [0.25, 0.3) is 5.91 Å². The number of benzene rings is 2. The summed E-state index contributed by atoms with van der Waals surface area (Å²) in [6, 6.07) is 24.3. The minimum atomic E-state index is -0.309. The van der Waals surface area contributed by atoms with Crippen molar-refractivity contribution in [2.75, 3.05) is 0 Å². The van der Waals surface area contributed by atoms with Crippen LogP contribution < -0.4 is 0 Å². The smallest absolute Gasteiger partial charge is 0.265 e. The minimum absolute atomic E-state index is 0.309.